The lowest BCUT2D eigenvalue weighted by Crippen LogP contribution is -2.71. The lowest BCUT2D eigenvalue weighted by molar-refractivity contribution is -0.334. The van der Waals surface area contributed by atoms with Crippen molar-refractivity contribution in [3.63, 3.8) is 0 Å². The van der Waals surface area contributed by atoms with Crippen molar-refractivity contribution in [2.24, 2.45) is 46.3 Å². The van der Waals surface area contributed by atoms with Crippen molar-refractivity contribution in [2.45, 2.75) is 150 Å². The third-order valence-corrected chi connectivity index (χ3v) is 20.2. The highest BCUT2D eigenvalue weighted by atomic mass is 16.7. The van der Waals surface area contributed by atoms with Crippen molar-refractivity contribution in [3.8, 4) is 23.8 Å². The number of aliphatic hydroxyl groups excluding tert-OH is 5. The van der Waals surface area contributed by atoms with Crippen LogP contribution in [0.4, 0.5) is 0 Å². The topological polar surface area (TPSA) is 234 Å². The average Bonchev–Trinajstić information content (AvgIpc) is 4.19. The number of benzene rings is 2. The summed E-state index contributed by atoms with van der Waals surface area (Å²) in [6, 6.07) is 16.4. The number of ether oxygens (including phenoxy) is 5. The zero-order valence-corrected chi connectivity index (χ0v) is 43.9. The number of fused-ring (bicyclic) bond motifs is 9. The molecule has 2 aromatic carbocycles. The third kappa shape index (κ3) is 9.03. The van der Waals surface area contributed by atoms with Crippen molar-refractivity contribution < 1.29 is 64.2 Å². The molecule has 9 aliphatic rings. The van der Waals surface area contributed by atoms with Gasteiger partial charge < -0.3 is 64.0 Å². The predicted octanol–water partition coefficient (Wildman–Crippen LogP) is 6.89. The molecule has 15 heteroatoms. The van der Waals surface area contributed by atoms with Gasteiger partial charge in [-0.15, -0.1) is 6.58 Å². The van der Waals surface area contributed by atoms with Gasteiger partial charge in [0, 0.05) is 56.2 Å². The second kappa shape index (κ2) is 21.3. The van der Waals surface area contributed by atoms with Crippen LogP contribution in [0.15, 0.2) is 97.6 Å². The molecule has 12 rings (SSSR count). The summed E-state index contributed by atoms with van der Waals surface area (Å²) in [6.45, 7) is 3.92. The molecule has 1 aromatic heterocycles. The highest BCUT2D eigenvalue weighted by Gasteiger charge is 2.75. The van der Waals surface area contributed by atoms with Crippen LogP contribution in [-0.4, -0.2) is 121 Å². The number of carboxylic acids is 1. The summed E-state index contributed by atoms with van der Waals surface area (Å²) in [6.07, 6.45) is 14.2. The molecule has 1 saturated heterocycles. The van der Waals surface area contributed by atoms with Crippen LogP contribution < -0.4 is 4.74 Å². The average molecular weight is 1060 g/mol. The van der Waals surface area contributed by atoms with E-state index in [9.17, 15) is 45.8 Å². The molecule has 0 amide bonds. The van der Waals surface area contributed by atoms with Gasteiger partial charge in [-0.2, -0.15) is 5.26 Å². The van der Waals surface area contributed by atoms with E-state index in [1.54, 1.807) is 44.0 Å². The van der Waals surface area contributed by atoms with Gasteiger partial charge >= 0.3 is 5.97 Å². The van der Waals surface area contributed by atoms with Crippen LogP contribution in [-0.2, 0) is 31.8 Å². The summed E-state index contributed by atoms with van der Waals surface area (Å²) >= 11 is 0. The molecule has 77 heavy (non-hydrogen) atoms. The summed E-state index contributed by atoms with van der Waals surface area (Å²) in [5.74, 6) is 2.09. The van der Waals surface area contributed by atoms with Crippen LogP contribution in [0.3, 0.4) is 0 Å². The van der Waals surface area contributed by atoms with Crippen LogP contribution >= 0.6 is 0 Å². The molecule has 3 spiro atoms. The van der Waals surface area contributed by atoms with Crippen molar-refractivity contribution in [1.82, 2.24) is 4.57 Å². The predicted molar refractivity (Wildman–Crippen MR) is 282 cm³/mol. The Balaban J connectivity index is 0.985. The molecule has 4 aliphatic heterocycles. The second-order valence-electron chi connectivity index (χ2n) is 23.8. The molecule has 15 nitrogen and oxygen atoms in total. The van der Waals surface area contributed by atoms with Crippen LogP contribution in [0.2, 0.25) is 0 Å². The van der Waals surface area contributed by atoms with Gasteiger partial charge in [0.1, 0.15) is 42.3 Å². The van der Waals surface area contributed by atoms with E-state index in [1.165, 1.54) is 0 Å². The van der Waals surface area contributed by atoms with Crippen molar-refractivity contribution in [1.29, 1.82) is 5.26 Å². The van der Waals surface area contributed by atoms with Gasteiger partial charge in [0.25, 0.3) is 0 Å². The zero-order chi connectivity index (χ0) is 53.9. The number of methoxy groups -OCH3 is 1. The SMILES string of the molecule is C=CCc1ccc(OC2OC3C(CCCO)OC#CCC(O)C4CC2(OC=C2C=CC5CC24CC2(O)CC4C(c6ccc(C(=O)O)cc6)CCC6CCCC64C52)C(O)C3O)cc1CC(COC)C(CO)n1ccc(C#N)c1. The van der Waals surface area contributed by atoms with E-state index >= 15 is 0 Å². The minimum Gasteiger partial charge on any atom is -0.485 e. The molecule has 410 valence electrons. The van der Waals surface area contributed by atoms with E-state index < -0.39 is 71.4 Å². The third-order valence-electron chi connectivity index (χ3n) is 20.2. The summed E-state index contributed by atoms with van der Waals surface area (Å²) in [7, 11) is 1.61. The Morgan fingerprint density at radius 1 is 1.05 bits per heavy atom. The molecule has 5 aliphatic carbocycles. The minimum absolute atomic E-state index is 0.00389. The van der Waals surface area contributed by atoms with Crippen molar-refractivity contribution in [2.75, 3.05) is 26.9 Å². The maximum atomic E-state index is 13.9. The summed E-state index contributed by atoms with van der Waals surface area (Å²) in [4.78, 5) is 11.9. The quantitative estimate of drug-likeness (QED) is 0.0572. The Morgan fingerprint density at radius 2 is 1.88 bits per heavy atom. The molecule has 5 fully saturated rings. The number of nitrogens with zero attached hydrogens (tertiary/aromatic N) is 2. The lowest BCUT2D eigenvalue weighted by atomic mass is 9.45. The molecule has 5 bridgehead atoms. The molecule has 18 unspecified atom stereocenters. The maximum Gasteiger partial charge on any atom is 0.335 e. The van der Waals surface area contributed by atoms with Gasteiger partial charge in [-0.05, 0) is 158 Å². The number of hydrogen-bond donors (Lipinski definition) is 7. The summed E-state index contributed by atoms with van der Waals surface area (Å²) in [5, 5.41) is 92.2. The summed E-state index contributed by atoms with van der Waals surface area (Å²) in [5.41, 5.74) is 0.371. The zero-order valence-electron chi connectivity index (χ0n) is 43.9. The fourth-order valence-corrected chi connectivity index (χ4v) is 17.1. The van der Waals surface area contributed by atoms with Gasteiger partial charge in [-0.3, -0.25) is 0 Å². The van der Waals surface area contributed by atoms with Crippen molar-refractivity contribution >= 4 is 5.97 Å². The van der Waals surface area contributed by atoms with Gasteiger partial charge in [-0.25, -0.2) is 4.79 Å². The number of aliphatic hydroxyl groups is 6. The number of hydrogen-bond acceptors (Lipinski definition) is 13. The van der Waals surface area contributed by atoms with E-state index in [4.69, 9.17) is 23.7 Å². The van der Waals surface area contributed by atoms with Crippen LogP contribution in [0.5, 0.6) is 5.75 Å². The number of allylic oxidation sites excluding steroid dienone is 4. The number of nitriles is 1. The van der Waals surface area contributed by atoms with Crippen LogP contribution in [0.1, 0.15) is 122 Å². The largest absolute Gasteiger partial charge is 0.485 e. The molecular formula is C62H74N2O13. The fraction of sp³-hybridized carbons (Fsp3) is 0.581. The highest BCUT2D eigenvalue weighted by molar-refractivity contribution is 5.87. The first-order valence-corrected chi connectivity index (χ1v) is 27.9. The molecular weight excluding hydrogens is 981 g/mol. The number of aromatic carboxylic acids is 1. The minimum atomic E-state index is -1.85. The van der Waals surface area contributed by atoms with Gasteiger partial charge in [0.15, 0.2) is 5.60 Å². The second-order valence-corrected chi connectivity index (χ2v) is 23.8. The Bertz CT molecular complexity index is 2850. The number of carboxylic acid groups (broad SMARTS) is 1. The standard InChI is InChI=1S/C62H74N2O13/c1-3-7-38-16-19-46(27-42(38)26-43(34-73-2)50(33-66)64-23-21-37(31-63)32-64)76-58-62-30-49(51(67)9-6-25-74-52(10-5-24-65)54(77-58)53(68)56(62)69)59-28-41(15-17-45(59)35-75-62)55-60(72,36-59)29-48-47(20-18-44-8-4-22-61(44,48)55)39-11-13-40(14-12-39)57(70)71/h3,11-17,19,21,23,27,32,35,41,43-44,47-56,58,65-69,72H,1,4-5,7-10,18,20,22,24,26,28-30,33-34,36H2,2H3,(H,70,71). The Hall–Kier alpha value is -5.46. The maximum absolute atomic E-state index is 13.9. The van der Waals surface area contributed by atoms with Crippen LogP contribution in [0, 0.1) is 69.7 Å². The Labute approximate surface area is 450 Å². The molecule has 4 saturated carbocycles. The van der Waals surface area contributed by atoms with E-state index in [-0.39, 0.29) is 86.1 Å². The first kappa shape index (κ1) is 53.5. The first-order chi connectivity index (χ1) is 37.3. The summed E-state index contributed by atoms with van der Waals surface area (Å²) < 4.78 is 34.7. The molecule has 18 atom stereocenters. The molecule has 3 aromatic rings. The van der Waals surface area contributed by atoms with E-state index in [0.717, 1.165) is 54.4 Å². The van der Waals surface area contributed by atoms with Gasteiger partial charge in [-0.1, -0.05) is 48.8 Å². The van der Waals surface area contributed by atoms with Gasteiger partial charge in [0.2, 0.25) is 6.29 Å². The number of rotatable bonds is 16. The molecule has 7 N–H and O–H groups in total. The molecule has 0 radical (unpaired) electrons. The molecule has 5 heterocycles. The lowest BCUT2D eigenvalue weighted by Gasteiger charge is -2.60. The van der Waals surface area contributed by atoms with E-state index in [0.29, 0.717) is 49.3 Å². The fourth-order valence-electron chi connectivity index (χ4n) is 17.1. The monoisotopic (exact) mass is 1050 g/mol. The Morgan fingerprint density at radius 3 is 2.62 bits per heavy atom. The Kier molecular flexibility index (Phi) is 14.8. The van der Waals surface area contributed by atoms with Crippen LogP contribution in [0.25, 0.3) is 0 Å². The van der Waals surface area contributed by atoms with Crippen molar-refractivity contribution in [3.05, 3.63) is 125 Å². The number of aromatic nitrogens is 1. The smallest absolute Gasteiger partial charge is 0.335 e. The van der Waals surface area contributed by atoms with E-state index in [1.807, 2.05) is 41.0 Å². The number of carbonyl (C=O) groups is 1. The highest BCUT2D eigenvalue weighted by Crippen LogP contribution is 2.77. The van der Waals surface area contributed by atoms with Gasteiger partial charge in [0.05, 0.1) is 48.3 Å². The first-order valence-electron chi connectivity index (χ1n) is 27.9. The van der Waals surface area contributed by atoms with E-state index in [2.05, 4.69) is 36.8 Å². The normalized spacial score (nSPS) is 38.1.